The second-order valence-corrected chi connectivity index (χ2v) is 7.04. The second kappa shape index (κ2) is 7.14. The molecule has 2 heterocycles. The van der Waals surface area contributed by atoms with Crippen molar-refractivity contribution in [3.8, 4) is 5.75 Å². The Bertz CT molecular complexity index is 998. The molecule has 0 spiro atoms. The number of rotatable bonds is 4. The molecule has 1 aromatic heterocycles. The normalized spacial score (nSPS) is 14.2. The Morgan fingerprint density at radius 3 is 2.77 bits per heavy atom. The molecule has 0 saturated heterocycles. The number of nitrogens with zero attached hydrogens (tertiary/aromatic N) is 1. The van der Waals surface area contributed by atoms with Crippen molar-refractivity contribution >= 4 is 22.6 Å². The molecule has 5 heteroatoms. The van der Waals surface area contributed by atoms with E-state index in [1.807, 2.05) is 24.3 Å². The van der Waals surface area contributed by atoms with Crippen LogP contribution in [0.5, 0.6) is 5.75 Å². The number of aryl methyl sites for hydroxylation is 1. The summed E-state index contributed by atoms with van der Waals surface area (Å²) >= 11 is 6.48. The van der Waals surface area contributed by atoms with E-state index in [1.165, 1.54) is 5.56 Å². The number of ether oxygens (including phenoxy) is 1. The zero-order valence-corrected chi connectivity index (χ0v) is 15.4. The van der Waals surface area contributed by atoms with E-state index in [4.69, 9.17) is 20.8 Å². The highest BCUT2D eigenvalue weighted by atomic mass is 35.5. The van der Waals surface area contributed by atoms with Crippen LogP contribution in [0.15, 0.2) is 51.7 Å². The minimum Gasteiger partial charge on any atom is -0.476 e. The van der Waals surface area contributed by atoms with Crippen LogP contribution >= 0.6 is 11.6 Å². The number of hydrogen-bond donors (Lipinski definition) is 0. The van der Waals surface area contributed by atoms with Crippen LogP contribution in [0.4, 0.5) is 0 Å². The molecule has 0 saturated carbocycles. The molecule has 0 fully saturated rings. The standard InChI is InChI=1S/C21H20ClNO3/c1-2-6-15-9-19(24)26-20-16(15)10-18(22)21-17(20)12-23(13-25-21)11-14-7-4-3-5-8-14/h3-5,7-10H,2,6,11-13H2,1H3. The van der Waals surface area contributed by atoms with Gasteiger partial charge in [0.05, 0.1) is 10.6 Å². The summed E-state index contributed by atoms with van der Waals surface area (Å²) in [6, 6.07) is 13.7. The van der Waals surface area contributed by atoms with E-state index in [0.29, 0.717) is 29.6 Å². The van der Waals surface area contributed by atoms with E-state index in [2.05, 4.69) is 24.0 Å². The zero-order chi connectivity index (χ0) is 18.1. The Morgan fingerprint density at radius 1 is 1.19 bits per heavy atom. The molecule has 2 aromatic carbocycles. The lowest BCUT2D eigenvalue weighted by atomic mass is 10.0. The van der Waals surface area contributed by atoms with Gasteiger partial charge in [0, 0.05) is 24.5 Å². The summed E-state index contributed by atoms with van der Waals surface area (Å²) < 4.78 is 11.5. The van der Waals surface area contributed by atoms with Crippen molar-refractivity contribution in [2.45, 2.75) is 32.9 Å². The molecule has 1 aliphatic rings. The van der Waals surface area contributed by atoms with Crippen LogP contribution in [0.2, 0.25) is 5.02 Å². The van der Waals surface area contributed by atoms with Crippen LogP contribution in [-0.4, -0.2) is 11.6 Å². The van der Waals surface area contributed by atoms with Crippen LogP contribution in [0.25, 0.3) is 11.0 Å². The first-order chi connectivity index (χ1) is 12.7. The third-order valence-corrected chi connectivity index (χ3v) is 4.94. The monoisotopic (exact) mass is 369 g/mol. The summed E-state index contributed by atoms with van der Waals surface area (Å²) in [6.07, 6.45) is 1.76. The summed E-state index contributed by atoms with van der Waals surface area (Å²) in [6.45, 7) is 3.92. The third-order valence-electron chi connectivity index (χ3n) is 4.66. The predicted octanol–water partition coefficient (Wildman–Crippen LogP) is 4.75. The maximum absolute atomic E-state index is 12.1. The number of halogens is 1. The van der Waals surface area contributed by atoms with Crippen molar-refractivity contribution in [3.05, 3.63) is 74.6 Å². The highest BCUT2D eigenvalue weighted by Gasteiger charge is 2.25. The fourth-order valence-electron chi connectivity index (χ4n) is 3.52. The van der Waals surface area contributed by atoms with Crippen LogP contribution in [0.3, 0.4) is 0 Å². The predicted molar refractivity (Wildman–Crippen MR) is 103 cm³/mol. The van der Waals surface area contributed by atoms with Gasteiger partial charge >= 0.3 is 5.63 Å². The van der Waals surface area contributed by atoms with Crippen molar-refractivity contribution in [3.63, 3.8) is 0 Å². The number of hydrogen-bond acceptors (Lipinski definition) is 4. The molecule has 0 bridgehead atoms. The lowest BCUT2D eigenvalue weighted by Gasteiger charge is -2.30. The van der Waals surface area contributed by atoms with Gasteiger partial charge in [-0.25, -0.2) is 4.79 Å². The number of fused-ring (bicyclic) bond motifs is 3. The minimum absolute atomic E-state index is 0.328. The molecule has 4 rings (SSSR count). The first kappa shape index (κ1) is 17.1. The van der Waals surface area contributed by atoms with Crippen molar-refractivity contribution in [2.75, 3.05) is 6.73 Å². The maximum atomic E-state index is 12.1. The largest absolute Gasteiger partial charge is 0.476 e. The van der Waals surface area contributed by atoms with E-state index >= 15 is 0 Å². The van der Waals surface area contributed by atoms with Crippen LogP contribution in [-0.2, 0) is 19.5 Å². The molecule has 26 heavy (non-hydrogen) atoms. The molecule has 4 nitrogen and oxygen atoms in total. The molecule has 1 aliphatic heterocycles. The average molecular weight is 370 g/mol. The molecule has 134 valence electrons. The fourth-order valence-corrected chi connectivity index (χ4v) is 3.79. The second-order valence-electron chi connectivity index (χ2n) is 6.63. The molecule has 0 aliphatic carbocycles. The van der Waals surface area contributed by atoms with E-state index in [-0.39, 0.29) is 5.63 Å². The van der Waals surface area contributed by atoms with Crippen LogP contribution < -0.4 is 10.4 Å². The molecule has 0 radical (unpaired) electrons. The van der Waals surface area contributed by atoms with Gasteiger partial charge < -0.3 is 9.15 Å². The molecule has 0 amide bonds. The molecule has 0 N–H and O–H groups in total. The van der Waals surface area contributed by atoms with Crippen molar-refractivity contribution in [1.29, 1.82) is 0 Å². The van der Waals surface area contributed by atoms with Gasteiger partial charge in [-0.1, -0.05) is 55.3 Å². The minimum atomic E-state index is -0.328. The van der Waals surface area contributed by atoms with Crippen molar-refractivity contribution in [2.24, 2.45) is 0 Å². The summed E-state index contributed by atoms with van der Waals surface area (Å²) in [5.74, 6) is 0.625. The first-order valence-electron chi connectivity index (χ1n) is 8.83. The van der Waals surface area contributed by atoms with E-state index in [9.17, 15) is 4.79 Å². The fraction of sp³-hybridized carbons (Fsp3) is 0.286. The van der Waals surface area contributed by atoms with Crippen molar-refractivity contribution < 1.29 is 9.15 Å². The Labute approximate surface area is 156 Å². The Morgan fingerprint density at radius 2 is 2.00 bits per heavy atom. The van der Waals surface area contributed by atoms with Gasteiger partial charge in [-0.05, 0) is 23.6 Å². The zero-order valence-electron chi connectivity index (χ0n) is 14.6. The summed E-state index contributed by atoms with van der Waals surface area (Å²) in [4.78, 5) is 14.2. The molecule has 3 aromatic rings. The van der Waals surface area contributed by atoms with Gasteiger partial charge in [0.2, 0.25) is 0 Å². The quantitative estimate of drug-likeness (QED) is 0.622. The topological polar surface area (TPSA) is 42.7 Å². The maximum Gasteiger partial charge on any atom is 0.336 e. The smallest absolute Gasteiger partial charge is 0.336 e. The van der Waals surface area contributed by atoms with Gasteiger partial charge in [0.25, 0.3) is 0 Å². The van der Waals surface area contributed by atoms with Crippen LogP contribution in [0.1, 0.15) is 30.0 Å². The highest BCUT2D eigenvalue weighted by Crippen LogP contribution is 2.39. The lowest BCUT2D eigenvalue weighted by Crippen LogP contribution is -2.32. The number of benzene rings is 2. The van der Waals surface area contributed by atoms with Gasteiger partial charge in [0.15, 0.2) is 0 Å². The van der Waals surface area contributed by atoms with Crippen molar-refractivity contribution in [1.82, 2.24) is 4.90 Å². The molecule has 0 atom stereocenters. The summed E-state index contributed by atoms with van der Waals surface area (Å²) in [5, 5.41) is 1.47. The summed E-state index contributed by atoms with van der Waals surface area (Å²) in [5.41, 5.74) is 3.30. The lowest BCUT2D eigenvalue weighted by molar-refractivity contribution is 0.0890. The van der Waals surface area contributed by atoms with Gasteiger partial charge in [-0.15, -0.1) is 0 Å². The van der Waals surface area contributed by atoms with Gasteiger partial charge in [-0.2, -0.15) is 0 Å². The average Bonchev–Trinajstić information content (AvgIpc) is 2.64. The van der Waals surface area contributed by atoms with E-state index < -0.39 is 0 Å². The highest BCUT2D eigenvalue weighted by molar-refractivity contribution is 6.33. The summed E-state index contributed by atoms with van der Waals surface area (Å²) in [7, 11) is 0. The van der Waals surface area contributed by atoms with Crippen LogP contribution in [0, 0.1) is 0 Å². The SMILES string of the molecule is CCCc1cc(=O)oc2c3c(c(Cl)cc12)OCN(Cc1ccccc1)C3. The van der Waals surface area contributed by atoms with Gasteiger partial charge in [-0.3, -0.25) is 4.90 Å². The Kier molecular flexibility index (Phi) is 4.70. The van der Waals surface area contributed by atoms with Gasteiger partial charge in [0.1, 0.15) is 18.1 Å². The molecule has 0 unspecified atom stereocenters. The first-order valence-corrected chi connectivity index (χ1v) is 9.20. The Hall–Kier alpha value is -2.30. The molecular weight excluding hydrogens is 350 g/mol. The van der Waals surface area contributed by atoms with E-state index in [0.717, 1.165) is 35.9 Å². The third kappa shape index (κ3) is 3.22. The molecular formula is C21H20ClNO3. The van der Waals surface area contributed by atoms with E-state index in [1.54, 1.807) is 6.07 Å². The Balaban J connectivity index is 1.77.